The van der Waals surface area contributed by atoms with Crippen LogP contribution in [0.5, 0.6) is 0 Å². The van der Waals surface area contributed by atoms with E-state index < -0.39 is 52.8 Å². The molecular formula is C19H14N8O6. The van der Waals surface area contributed by atoms with Crippen LogP contribution in [0.3, 0.4) is 0 Å². The first-order valence-corrected chi connectivity index (χ1v) is 9.56. The molecule has 1 aromatic carbocycles. The van der Waals surface area contributed by atoms with Crippen molar-refractivity contribution in [3.05, 3.63) is 41.2 Å². The van der Waals surface area contributed by atoms with E-state index in [0.717, 1.165) is 0 Å². The van der Waals surface area contributed by atoms with Crippen LogP contribution in [0.25, 0.3) is 16.7 Å². The quantitative estimate of drug-likeness (QED) is 0.164. The zero-order chi connectivity index (χ0) is 23.5. The third-order valence-electron chi connectivity index (χ3n) is 5.49. The summed E-state index contributed by atoms with van der Waals surface area (Å²) < 4.78 is 0. The summed E-state index contributed by atoms with van der Waals surface area (Å²) >= 11 is 0. The molecule has 14 nitrogen and oxygen atoms in total. The summed E-state index contributed by atoms with van der Waals surface area (Å²) in [4.78, 5) is 82.8. The number of amides is 8. The summed E-state index contributed by atoms with van der Waals surface area (Å²) in [6.45, 7) is 0. The Morgan fingerprint density at radius 3 is 1.94 bits per heavy atom. The Kier molecular flexibility index (Phi) is 4.22. The van der Waals surface area contributed by atoms with Gasteiger partial charge in [-0.3, -0.25) is 45.8 Å². The minimum Gasteiger partial charge on any atom is -0.358 e. The zero-order valence-corrected chi connectivity index (χ0v) is 16.7. The number of hydrogen-bond donors (Lipinski definition) is 6. The highest BCUT2D eigenvalue weighted by Crippen LogP contribution is 2.41. The Hall–Kier alpha value is -4.72. The first kappa shape index (κ1) is 20.2. The molecule has 33 heavy (non-hydrogen) atoms. The number of hydrogen-bond acceptors (Lipinski definition) is 10. The average Bonchev–Trinajstić information content (AvgIpc) is 3.05. The number of rotatable bonds is 2. The van der Waals surface area contributed by atoms with Crippen LogP contribution in [0.4, 0.5) is 9.59 Å². The van der Waals surface area contributed by atoms with Crippen molar-refractivity contribution in [1.82, 2.24) is 41.9 Å². The Bertz CT molecular complexity index is 1330. The highest BCUT2D eigenvalue weighted by molar-refractivity contribution is 6.32. The maximum atomic E-state index is 12.8. The van der Waals surface area contributed by atoms with Crippen molar-refractivity contribution in [2.24, 2.45) is 5.92 Å². The largest absolute Gasteiger partial charge is 0.358 e. The van der Waals surface area contributed by atoms with E-state index in [-0.39, 0.29) is 17.1 Å². The molecule has 2 aromatic rings. The fraction of sp³-hybridized carbons (Fsp3) is 0.158. The number of aromatic nitrogens is 2. The second kappa shape index (κ2) is 6.89. The molecule has 0 saturated carbocycles. The molecule has 4 heterocycles. The first-order chi connectivity index (χ1) is 15.7. The van der Waals surface area contributed by atoms with Crippen molar-refractivity contribution in [2.75, 3.05) is 7.05 Å². The molecule has 0 bridgehead atoms. The lowest BCUT2D eigenvalue weighted by Crippen LogP contribution is -2.68. The number of barbiturate groups is 2. The summed E-state index contributed by atoms with van der Waals surface area (Å²) in [7, 11) is 1.42. The minimum atomic E-state index is -1.80. The Labute approximate surface area is 183 Å². The summed E-state index contributed by atoms with van der Waals surface area (Å²) in [5, 5.41) is 13.7. The molecule has 0 radical (unpaired) electrons. The van der Waals surface area contributed by atoms with E-state index in [1.165, 1.54) is 7.05 Å². The number of carbonyl (C=O) groups is 6. The Balaban J connectivity index is 1.81. The molecule has 1 unspecified atom stereocenters. The fourth-order valence-electron chi connectivity index (χ4n) is 4.08. The number of nitrogens with zero attached hydrogens (tertiary/aromatic N) is 2. The van der Waals surface area contributed by atoms with Gasteiger partial charge in [-0.15, -0.1) is 0 Å². The highest BCUT2D eigenvalue weighted by Gasteiger charge is 2.58. The van der Waals surface area contributed by atoms with Crippen molar-refractivity contribution in [1.29, 1.82) is 0 Å². The smallest absolute Gasteiger partial charge is 0.328 e. The predicted octanol–water partition coefficient (Wildman–Crippen LogP) is -2.34. The SMILES string of the molecule is CNC1(C2C(=O)NC(=O)NC2=O)NC(=C2C(=O)NC(=O)NC2=O)c2nc3ccccc3nc21. The molecule has 5 rings (SSSR count). The molecule has 14 heteroatoms. The van der Waals surface area contributed by atoms with Gasteiger partial charge in [0.25, 0.3) is 11.8 Å². The van der Waals surface area contributed by atoms with Crippen molar-refractivity contribution in [3.8, 4) is 0 Å². The average molecular weight is 450 g/mol. The number of benzene rings is 1. The van der Waals surface area contributed by atoms with E-state index in [1.807, 2.05) is 21.3 Å². The minimum absolute atomic E-state index is 0.00944. The molecule has 1 atom stereocenters. The van der Waals surface area contributed by atoms with Gasteiger partial charge in [-0.2, -0.15) is 0 Å². The highest BCUT2D eigenvalue weighted by atomic mass is 16.2. The van der Waals surface area contributed by atoms with Crippen LogP contribution < -0.4 is 31.9 Å². The standard InChI is InChI=1S/C19H14N8O6/c1-20-19(9-15(30)25-18(33)26-16(9)31)12-11(21-6-4-2-3-5-7(6)22-12)10(27-19)8-13(28)23-17(32)24-14(8)29/h2-5,9,20,27H,1H3,(H2,23,24,28,29,32)(H2,25,26,30,31,33). The van der Waals surface area contributed by atoms with Crippen LogP contribution in [-0.4, -0.2) is 52.7 Å². The van der Waals surface area contributed by atoms with Crippen LogP contribution in [-0.2, 0) is 24.8 Å². The molecular weight excluding hydrogens is 436 g/mol. The fourth-order valence-corrected chi connectivity index (χ4v) is 4.08. The molecule has 2 saturated heterocycles. The lowest BCUT2D eigenvalue weighted by Gasteiger charge is -2.37. The molecule has 2 fully saturated rings. The normalized spacial score (nSPS) is 23.1. The van der Waals surface area contributed by atoms with Gasteiger partial charge in [0.2, 0.25) is 11.8 Å². The first-order valence-electron chi connectivity index (χ1n) is 9.56. The summed E-state index contributed by atoms with van der Waals surface area (Å²) in [5.74, 6) is -5.49. The van der Waals surface area contributed by atoms with Crippen molar-refractivity contribution in [2.45, 2.75) is 5.66 Å². The van der Waals surface area contributed by atoms with Crippen LogP contribution >= 0.6 is 0 Å². The number of imide groups is 4. The van der Waals surface area contributed by atoms with Gasteiger partial charge in [0.05, 0.1) is 16.7 Å². The van der Waals surface area contributed by atoms with Gasteiger partial charge in [0, 0.05) is 0 Å². The number of para-hydroxylation sites is 2. The molecule has 3 aliphatic rings. The van der Waals surface area contributed by atoms with E-state index in [1.54, 1.807) is 24.3 Å². The molecule has 1 aromatic heterocycles. The second-order valence-corrected chi connectivity index (χ2v) is 7.32. The number of urea groups is 2. The van der Waals surface area contributed by atoms with Gasteiger partial charge in [-0.25, -0.2) is 19.6 Å². The molecule has 0 spiro atoms. The third kappa shape index (κ3) is 2.85. The van der Waals surface area contributed by atoms with Crippen LogP contribution in [0.15, 0.2) is 29.8 Å². The van der Waals surface area contributed by atoms with E-state index in [2.05, 4.69) is 20.6 Å². The summed E-state index contributed by atoms with van der Waals surface area (Å²) in [6.07, 6.45) is 0. The predicted molar refractivity (Wildman–Crippen MR) is 107 cm³/mol. The van der Waals surface area contributed by atoms with Crippen LogP contribution in [0, 0.1) is 5.92 Å². The van der Waals surface area contributed by atoms with Crippen molar-refractivity contribution in [3.63, 3.8) is 0 Å². The van der Waals surface area contributed by atoms with Gasteiger partial charge < -0.3 is 5.32 Å². The number of nitrogens with one attached hydrogen (secondary N) is 6. The zero-order valence-electron chi connectivity index (χ0n) is 16.7. The van der Waals surface area contributed by atoms with Gasteiger partial charge in [-0.05, 0) is 19.2 Å². The molecule has 8 amide bonds. The molecule has 0 aliphatic carbocycles. The van der Waals surface area contributed by atoms with E-state index >= 15 is 0 Å². The number of fused-ring (bicyclic) bond motifs is 2. The van der Waals surface area contributed by atoms with Gasteiger partial charge >= 0.3 is 12.1 Å². The van der Waals surface area contributed by atoms with E-state index in [9.17, 15) is 28.8 Å². The van der Waals surface area contributed by atoms with Crippen LogP contribution in [0.2, 0.25) is 0 Å². The van der Waals surface area contributed by atoms with Crippen molar-refractivity contribution < 1.29 is 28.8 Å². The topological polar surface area (TPSA) is 200 Å². The van der Waals surface area contributed by atoms with E-state index in [0.29, 0.717) is 11.0 Å². The van der Waals surface area contributed by atoms with E-state index in [4.69, 9.17) is 0 Å². The summed E-state index contributed by atoms with van der Waals surface area (Å²) in [6, 6.07) is 4.72. The van der Waals surface area contributed by atoms with Crippen molar-refractivity contribution >= 4 is 52.4 Å². The lowest BCUT2D eigenvalue weighted by atomic mass is 9.87. The second-order valence-electron chi connectivity index (χ2n) is 7.32. The van der Waals surface area contributed by atoms with Gasteiger partial charge in [0.1, 0.15) is 17.0 Å². The lowest BCUT2D eigenvalue weighted by molar-refractivity contribution is -0.140. The van der Waals surface area contributed by atoms with Gasteiger partial charge in [0.15, 0.2) is 11.6 Å². The summed E-state index contributed by atoms with van der Waals surface area (Å²) in [5.41, 5.74) is -1.59. The Morgan fingerprint density at radius 2 is 1.36 bits per heavy atom. The third-order valence-corrected chi connectivity index (χ3v) is 5.49. The molecule has 3 aliphatic heterocycles. The monoisotopic (exact) mass is 450 g/mol. The Morgan fingerprint density at radius 1 is 0.818 bits per heavy atom. The molecule has 6 N–H and O–H groups in total. The van der Waals surface area contributed by atoms with Gasteiger partial charge in [-0.1, -0.05) is 12.1 Å². The maximum Gasteiger partial charge on any atom is 0.328 e. The van der Waals surface area contributed by atoms with Crippen LogP contribution in [0.1, 0.15) is 11.4 Å². The maximum absolute atomic E-state index is 12.8. The number of carbonyl (C=O) groups excluding carboxylic acids is 6. The molecule has 166 valence electrons.